The Labute approximate surface area is 183 Å². The third-order valence-corrected chi connectivity index (χ3v) is 6.48. The maximum atomic E-state index is 13.0. The first kappa shape index (κ1) is 23.3. The maximum absolute atomic E-state index is 13.0. The first-order chi connectivity index (χ1) is 14.3. The smallest absolute Gasteiger partial charge is 0.408 e. The molecule has 3 aliphatic carbocycles. The van der Waals surface area contributed by atoms with E-state index in [1.54, 1.807) is 27.7 Å². The highest BCUT2D eigenvalue weighted by molar-refractivity contribution is 6.10. The summed E-state index contributed by atoms with van der Waals surface area (Å²) in [5.74, 6) is -0.724. The van der Waals surface area contributed by atoms with Crippen LogP contribution in [-0.2, 0) is 19.1 Å². The van der Waals surface area contributed by atoms with Crippen LogP contribution >= 0.6 is 0 Å². The summed E-state index contributed by atoms with van der Waals surface area (Å²) in [5, 5.41) is 13.3. The molecule has 0 aromatic carbocycles. The molecule has 1 amide bonds. The number of fused-ring (bicyclic) bond motifs is 1. The topological polar surface area (TPSA) is 102 Å². The molecule has 0 bridgehead atoms. The molecule has 31 heavy (non-hydrogen) atoms. The van der Waals surface area contributed by atoms with Gasteiger partial charge in [0.15, 0.2) is 5.78 Å². The molecule has 1 atom stereocenters. The van der Waals surface area contributed by atoms with Crippen LogP contribution < -0.4 is 5.32 Å². The van der Waals surface area contributed by atoms with Crippen molar-refractivity contribution in [1.82, 2.24) is 5.32 Å². The monoisotopic (exact) mass is 431 g/mol. The predicted molar refractivity (Wildman–Crippen MR) is 115 cm³/mol. The number of hydrogen-bond donors (Lipinski definition) is 2. The van der Waals surface area contributed by atoms with Crippen LogP contribution in [0.2, 0.25) is 0 Å². The van der Waals surface area contributed by atoms with E-state index in [0.29, 0.717) is 18.4 Å². The SMILES string of the molecule is CC1=C(CCCOC(=O)CNC(=O)OC(C)(C)C)C2=C(C)C3(CC3)[C@@](C)(O)C(=O)C2=C1. The van der Waals surface area contributed by atoms with Crippen molar-refractivity contribution in [2.75, 3.05) is 13.2 Å². The normalized spacial score (nSPS) is 24.2. The van der Waals surface area contributed by atoms with Crippen molar-refractivity contribution >= 4 is 17.8 Å². The van der Waals surface area contributed by atoms with Crippen LogP contribution in [0.3, 0.4) is 0 Å². The van der Waals surface area contributed by atoms with E-state index in [9.17, 15) is 19.5 Å². The molecule has 1 spiro atoms. The highest BCUT2D eigenvalue weighted by atomic mass is 16.6. The predicted octanol–water partition coefficient (Wildman–Crippen LogP) is 3.52. The molecular weight excluding hydrogens is 398 g/mol. The molecule has 3 rings (SSSR count). The fraction of sp³-hybridized carbons (Fsp3) is 0.625. The number of rotatable bonds is 6. The summed E-state index contributed by atoms with van der Waals surface area (Å²) in [6, 6.07) is 0. The van der Waals surface area contributed by atoms with Gasteiger partial charge in [0, 0.05) is 11.0 Å². The molecule has 0 aliphatic heterocycles. The van der Waals surface area contributed by atoms with E-state index < -0.39 is 28.7 Å². The van der Waals surface area contributed by atoms with Gasteiger partial charge in [0.25, 0.3) is 0 Å². The zero-order valence-electron chi connectivity index (χ0n) is 19.3. The second kappa shape index (κ2) is 7.93. The zero-order valence-corrected chi connectivity index (χ0v) is 19.3. The van der Waals surface area contributed by atoms with Gasteiger partial charge in [-0.05, 0) is 90.0 Å². The molecule has 0 radical (unpaired) electrons. The Bertz CT molecular complexity index is 909. The van der Waals surface area contributed by atoms with Crippen LogP contribution in [0.4, 0.5) is 4.79 Å². The molecule has 0 unspecified atom stereocenters. The minimum Gasteiger partial charge on any atom is -0.464 e. The van der Waals surface area contributed by atoms with Crippen molar-refractivity contribution in [3.63, 3.8) is 0 Å². The minimum atomic E-state index is -1.35. The van der Waals surface area contributed by atoms with Gasteiger partial charge >= 0.3 is 12.1 Å². The van der Waals surface area contributed by atoms with Crippen LogP contribution in [0.25, 0.3) is 0 Å². The molecule has 0 aromatic heterocycles. The fourth-order valence-electron chi connectivity index (χ4n) is 4.68. The lowest BCUT2D eigenvalue weighted by molar-refractivity contribution is -0.142. The summed E-state index contributed by atoms with van der Waals surface area (Å²) < 4.78 is 10.3. The first-order valence-electron chi connectivity index (χ1n) is 10.8. The third kappa shape index (κ3) is 4.33. The maximum Gasteiger partial charge on any atom is 0.408 e. The second-order valence-electron chi connectivity index (χ2n) is 9.88. The second-order valence-corrected chi connectivity index (χ2v) is 9.88. The van der Waals surface area contributed by atoms with Gasteiger partial charge in [-0.25, -0.2) is 4.79 Å². The number of ketones is 1. The fourth-order valence-corrected chi connectivity index (χ4v) is 4.68. The highest BCUT2D eigenvalue weighted by Crippen LogP contribution is 2.65. The lowest BCUT2D eigenvalue weighted by Crippen LogP contribution is -2.49. The highest BCUT2D eigenvalue weighted by Gasteiger charge is 2.64. The average molecular weight is 432 g/mol. The van der Waals surface area contributed by atoms with Gasteiger partial charge in [-0.1, -0.05) is 5.57 Å². The summed E-state index contributed by atoms with van der Waals surface area (Å²) in [6.45, 7) is 10.8. The van der Waals surface area contributed by atoms with E-state index in [2.05, 4.69) is 5.32 Å². The van der Waals surface area contributed by atoms with Crippen molar-refractivity contribution in [2.24, 2.45) is 5.41 Å². The van der Waals surface area contributed by atoms with Crippen molar-refractivity contribution < 1.29 is 29.0 Å². The lowest BCUT2D eigenvalue weighted by Gasteiger charge is -2.39. The average Bonchev–Trinajstić information content (AvgIpc) is 3.40. The van der Waals surface area contributed by atoms with E-state index in [-0.39, 0.29) is 18.9 Å². The van der Waals surface area contributed by atoms with Gasteiger partial charge < -0.3 is 19.9 Å². The number of aliphatic hydroxyl groups is 1. The number of allylic oxidation sites excluding steroid dienone is 4. The van der Waals surface area contributed by atoms with E-state index in [1.165, 1.54) is 0 Å². The summed E-state index contributed by atoms with van der Waals surface area (Å²) >= 11 is 0. The van der Waals surface area contributed by atoms with Gasteiger partial charge in [-0.3, -0.25) is 9.59 Å². The number of esters is 1. The van der Waals surface area contributed by atoms with Crippen molar-refractivity contribution in [3.05, 3.63) is 33.9 Å². The van der Waals surface area contributed by atoms with Gasteiger partial charge in [0.05, 0.1) is 6.61 Å². The molecule has 2 N–H and O–H groups in total. The first-order valence-corrected chi connectivity index (χ1v) is 10.8. The molecule has 1 saturated carbocycles. The number of alkyl carbamates (subject to hydrolysis) is 1. The van der Waals surface area contributed by atoms with E-state index in [4.69, 9.17) is 9.47 Å². The Kier molecular flexibility index (Phi) is 5.95. The summed E-state index contributed by atoms with van der Waals surface area (Å²) in [6.07, 6.45) is 4.11. The Balaban J connectivity index is 1.53. The van der Waals surface area contributed by atoms with Crippen LogP contribution in [0.5, 0.6) is 0 Å². The van der Waals surface area contributed by atoms with Crippen molar-refractivity contribution in [3.8, 4) is 0 Å². The Morgan fingerprint density at radius 2 is 1.87 bits per heavy atom. The standard InChI is InChI=1S/C24H33NO6/c1-14-12-17-19(15(2)24(9-10-24)23(6,29)20(17)27)16(14)8-7-11-30-18(26)13-25-21(28)31-22(3,4)5/h12,29H,7-11,13H2,1-6H3,(H,25,28)/t23-/m0/s1. The van der Waals surface area contributed by atoms with Crippen LogP contribution in [-0.4, -0.2) is 47.3 Å². The Morgan fingerprint density at radius 3 is 2.45 bits per heavy atom. The summed E-state index contributed by atoms with van der Waals surface area (Å²) in [4.78, 5) is 36.4. The molecule has 7 heteroatoms. The van der Waals surface area contributed by atoms with Gasteiger partial charge in [-0.15, -0.1) is 0 Å². The number of ether oxygens (including phenoxy) is 2. The lowest BCUT2D eigenvalue weighted by atomic mass is 9.67. The van der Waals surface area contributed by atoms with E-state index >= 15 is 0 Å². The van der Waals surface area contributed by atoms with E-state index in [0.717, 1.165) is 35.1 Å². The van der Waals surface area contributed by atoms with Crippen molar-refractivity contribution in [2.45, 2.75) is 78.4 Å². The number of nitrogens with one attached hydrogen (secondary N) is 1. The molecule has 0 saturated heterocycles. The minimum absolute atomic E-state index is 0.195. The van der Waals surface area contributed by atoms with Gasteiger partial charge in [0.2, 0.25) is 0 Å². The molecular formula is C24H33NO6. The van der Waals surface area contributed by atoms with Crippen LogP contribution in [0.15, 0.2) is 33.9 Å². The van der Waals surface area contributed by atoms with Gasteiger partial charge in [-0.2, -0.15) is 0 Å². The van der Waals surface area contributed by atoms with Crippen LogP contribution in [0, 0.1) is 5.41 Å². The number of Topliss-reactive ketones (excluding diaryl/α,β-unsaturated/α-hetero) is 1. The summed E-state index contributed by atoms with van der Waals surface area (Å²) in [5.41, 5.74) is 2.36. The third-order valence-electron chi connectivity index (χ3n) is 6.48. The number of carbonyl (C=O) groups excluding carboxylic acids is 3. The molecule has 1 fully saturated rings. The molecule has 7 nitrogen and oxygen atoms in total. The quantitative estimate of drug-likeness (QED) is 0.493. The molecule has 0 heterocycles. The van der Waals surface area contributed by atoms with Gasteiger partial charge in [0.1, 0.15) is 17.7 Å². The zero-order chi connectivity index (χ0) is 23.2. The van der Waals surface area contributed by atoms with E-state index in [1.807, 2.05) is 19.9 Å². The Hall–Kier alpha value is -2.41. The molecule has 3 aliphatic rings. The molecule has 0 aromatic rings. The number of hydrogen-bond acceptors (Lipinski definition) is 6. The number of carbonyl (C=O) groups is 3. The van der Waals surface area contributed by atoms with Crippen LogP contribution in [0.1, 0.15) is 67.2 Å². The Morgan fingerprint density at radius 1 is 1.23 bits per heavy atom. The summed E-state index contributed by atoms with van der Waals surface area (Å²) in [7, 11) is 0. The van der Waals surface area contributed by atoms with Crippen molar-refractivity contribution in [1.29, 1.82) is 0 Å². The number of amides is 1. The molecule has 170 valence electrons. The largest absolute Gasteiger partial charge is 0.464 e.